The van der Waals surface area contributed by atoms with Gasteiger partial charge < -0.3 is 15.1 Å². The highest BCUT2D eigenvalue weighted by Gasteiger charge is 2.28. The van der Waals surface area contributed by atoms with Gasteiger partial charge in [-0.1, -0.05) is 55.6 Å². The van der Waals surface area contributed by atoms with Crippen molar-refractivity contribution in [1.29, 1.82) is 0 Å². The fourth-order valence-corrected chi connectivity index (χ4v) is 6.82. The van der Waals surface area contributed by atoms with Crippen LogP contribution in [0.4, 0.5) is 0 Å². The molecular formula is C9H23B2I2NO2P2. The Morgan fingerprint density at radius 1 is 1.33 bits per heavy atom. The lowest BCUT2D eigenvalue weighted by Gasteiger charge is -2.34. The third kappa shape index (κ3) is 11.0. The average molecular weight is 515 g/mol. The van der Waals surface area contributed by atoms with Crippen molar-refractivity contribution in [2.45, 2.75) is 31.4 Å². The highest BCUT2D eigenvalue weighted by molar-refractivity contribution is 14.2. The van der Waals surface area contributed by atoms with E-state index in [0.717, 1.165) is 25.6 Å². The monoisotopic (exact) mass is 515 g/mol. The van der Waals surface area contributed by atoms with E-state index in [1.54, 1.807) is 0 Å². The first-order chi connectivity index (χ1) is 8.08. The van der Waals surface area contributed by atoms with Gasteiger partial charge in [0.25, 0.3) is 0 Å². The molecule has 0 aliphatic rings. The SMILES string of the molecule is BP(I)CC(C)(O)CN(C)CC(C)(O)CBPI. The van der Waals surface area contributed by atoms with E-state index in [0.29, 0.717) is 13.1 Å². The molecule has 0 aromatic rings. The van der Waals surface area contributed by atoms with Gasteiger partial charge in [-0.25, -0.2) is 0 Å². The van der Waals surface area contributed by atoms with Gasteiger partial charge in [-0.05, 0) is 33.4 Å². The summed E-state index contributed by atoms with van der Waals surface area (Å²) in [4.78, 5) is 2.05. The largest absolute Gasteiger partial charge is 0.390 e. The minimum Gasteiger partial charge on any atom is -0.390 e. The van der Waals surface area contributed by atoms with Crippen LogP contribution in [0.1, 0.15) is 13.8 Å². The summed E-state index contributed by atoms with van der Waals surface area (Å²) in [5, 5.41) is 20.6. The van der Waals surface area contributed by atoms with Gasteiger partial charge in [0.05, 0.1) is 11.2 Å². The van der Waals surface area contributed by atoms with Crippen LogP contribution < -0.4 is 0 Å². The van der Waals surface area contributed by atoms with Gasteiger partial charge in [0.1, 0.15) is 7.57 Å². The van der Waals surface area contributed by atoms with Crippen molar-refractivity contribution < 1.29 is 10.2 Å². The zero-order chi connectivity index (χ0) is 14.4. The van der Waals surface area contributed by atoms with Gasteiger partial charge in [-0.15, -0.1) is 0 Å². The Balaban J connectivity index is 4.20. The Kier molecular flexibility index (Phi) is 10.6. The predicted molar refractivity (Wildman–Crippen MR) is 107 cm³/mol. The molecule has 18 heavy (non-hydrogen) atoms. The lowest BCUT2D eigenvalue weighted by molar-refractivity contribution is 0.00474. The molecule has 0 spiro atoms. The van der Waals surface area contributed by atoms with Gasteiger partial charge in [-0.3, -0.25) is 0 Å². The molecular weight excluding hydrogens is 491 g/mol. The second-order valence-corrected chi connectivity index (χ2v) is 15.1. The lowest BCUT2D eigenvalue weighted by atomic mass is 9.86. The zero-order valence-electron chi connectivity index (χ0n) is 11.6. The third-order valence-corrected chi connectivity index (χ3v) is 6.74. The van der Waals surface area contributed by atoms with Crippen LogP contribution in [0.25, 0.3) is 0 Å². The minimum absolute atomic E-state index is 0.131. The van der Waals surface area contributed by atoms with E-state index in [1.165, 1.54) is 0 Å². The Morgan fingerprint density at radius 2 is 1.83 bits per heavy atom. The van der Waals surface area contributed by atoms with Crippen molar-refractivity contribution in [2.75, 3.05) is 26.3 Å². The highest BCUT2D eigenvalue weighted by Crippen LogP contribution is 2.42. The Labute approximate surface area is 142 Å². The molecule has 0 amide bonds. The highest BCUT2D eigenvalue weighted by atomic mass is 127. The first-order valence-electron chi connectivity index (χ1n) is 5.92. The lowest BCUT2D eigenvalue weighted by Crippen LogP contribution is -2.47. The second kappa shape index (κ2) is 9.37. The molecule has 0 bridgehead atoms. The molecule has 3 nitrogen and oxygen atoms in total. The van der Waals surface area contributed by atoms with Crippen LogP contribution >= 0.6 is 55.6 Å². The number of nitrogens with zero attached hydrogens (tertiary/aromatic N) is 1. The Hall–Kier alpha value is 2.33. The molecule has 0 aromatic heterocycles. The summed E-state index contributed by atoms with van der Waals surface area (Å²) in [7, 11) is 4.14. The molecule has 106 valence electrons. The van der Waals surface area contributed by atoms with Crippen molar-refractivity contribution in [1.82, 2.24) is 4.90 Å². The summed E-state index contributed by atoms with van der Waals surface area (Å²) in [6, 6.07) is 0. The quantitative estimate of drug-likeness (QED) is 0.279. The molecule has 0 saturated carbocycles. The molecule has 0 radical (unpaired) electrons. The Bertz CT molecular complexity index is 249. The van der Waals surface area contributed by atoms with E-state index in [2.05, 4.69) is 51.6 Å². The molecule has 0 fully saturated rings. The average Bonchev–Trinajstić information content (AvgIpc) is 2.09. The number of hydrogen-bond donors (Lipinski definition) is 2. The molecule has 0 rings (SSSR count). The fourth-order valence-electron chi connectivity index (χ4n) is 2.13. The maximum absolute atomic E-state index is 10.3. The summed E-state index contributed by atoms with van der Waals surface area (Å²) >= 11 is 4.76. The van der Waals surface area contributed by atoms with Crippen LogP contribution in [0.15, 0.2) is 0 Å². The van der Waals surface area contributed by atoms with Gasteiger partial charge >= 0.3 is 0 Å². The number of halogens is 2. The summed E-state index contributed by atoms with van der Waals surface area (Å²) in [6.45, 7) is 6.08. The van der Waals surface area contributed by atoms with Crippen molar-refractivity contribution in [3.05, 3.63) is 0 Å². The smallest absolute Gasteiger partial charge is 0.164 e. The third-order valence-electron chi connectivity index (χ3n) is 2.54. The number of likely N-dealkylation sites (N-methyl/N-ethyl adjacent to an activating group) is 1. The van der Waals surface area contributed by atoms with Crippen LogP contribution in [0.3, 0.4) is 0 Å². The van der Waals surface area contributed by atoms with Crippen LogP contribution in [0.5, 0.6) is 0 Å². The molecule has 0 aromatic carbocycles. The van der Waals surface area contributed by atoms with E-state index >= 15 is 0 Å². The van der Waals surface area contributed by atoms with Crippen LogP contribution in [0, 0.1) is 0 Å². The van der Waals surface area contributed by atoms with Gasteiger partial charge in [0.2, 0.25) is 0 Å². The second-order valence-electron chi connectivity index (χ2n) is 5.56. The Morgan fingerprint density at radius 3 is 2.28 bits per heavy atom. The summed E-state index contributed by atoms with van der Waals surface area (Å²) in [5.74, 6) is 0. The first kappa shape index (κ1) is 20.3. The van der Waals surface area contributed by atoms with Crippen LogP contribution in [-0.4, -0.2) is 67.2 Å². The van der Waals surface area contributed by atoms with Crippen LogP contribution in [-0.2, 0) is 0 Å². The zero-order valence-corrected chi connectivity index (χ0v) is 17.8. The number of rotatable bonds is 9. The van der Waals surface area contributed by atoms with Gasteiger partial charge in [-0.2, -0.15) is 0 Å². The maximum Gasteiger partial charge on any atom is 0.164 e. The van der Waals surface area contributed by atoms with E-state index < -0.39 is 11.2 Å². The molecule has 0 aliphatic heterocycles. The van der Waals surface area contributed by atoms with Crippen molar-refractivity contribution in [2.24, 2.45) is 0 Å². The summed E-state index contributed by atoms with van der Waals surface area (Å²) in [5.41, 5.74) is -1.43. The first-order valence-corrected chi connectivity index (χ1v) is 15.0. The van der Waals surface area contributed by atoms with E-state index in [1.807, 2.05) is 25.8 Å². The standard InChI is InChI=1S/C9H23B2I2NO2P2/c1-8(15,4-11-17-12)5-14(3)6-9(2,16)7-18(10)13/h11,15-17H,4-7,10H2,1-3H3. The van der Waals surface area contributed by atoms with E-state index in [-0.39, 0.29) is 5.44 Å². The molecule has 4 atom stereocenters. The molecule has 2 N–H and O–H groups in total. The van der Waals surface area contributed by atoms with Crippen molar-refractivity contribution >= 4 is 70.2 Å². The minimum atomic E-state index is -0.655. The summed E-state index contributed by atoms with van der Waals surface area (Å²) < 4.78 is 0. The summed E-state index contributed by atoms with van der Waals surface area (Å²) in [6.07, 6.45) is 2.52. The van der Waals surface area contributed by atoms with E-state index in [4.69, 9.17) is 0 Å². The molecule has 4 unspecified atom stereocenters. The number of aliphatic hydroxyl groups is 2. The fraction of sp³-hybridized carbons (Fsp3) is 1.00. The van der Waals surface area contributed by atoms with E-state index in [9.17, 15) is 10.2 Å². The predicted octanol–water partition coefficient (Wildman–Crippen LogP) is 1.60. The van der Waals surface area contributed by atoms with Gasteiger partial charge in [0.15, 0.2) is 7.00 Å². The molecule has 0 heterocycles. The maximum atomic E-state index is 10.3. The van der Waals surface area contributed by atoms with Crippen LogP contribution in [0.2, 0.25) is 6.32 Å². The molecule has 0 saturated heterocycles. The molecule has 9 heteroatoms. The van der Waals surface area contributed by atoms with Gasteiger partial charge in [0, 0.05) is 13.1 Å². The molecule has 0 aliphatic carbocycles. The normalized spacial score (nSPS) is 20.9. The van der Waals surface area contributed by atoms with Crippen molar-refractivity contribution in [3.8, 4) is 0 Å². The number of hydrogen-bond acceptors (Lipinski definition) is 3. The topological polar surface area (TPSA) is 43.7 Å². The van der Waals surface area contributed by atoms with Crippen molar-refractivity contribution in [3.63, 3.8) is 0 Å².